The van der Waals surface area contributed by atoms with Crippen LogP contribution < -0.4 is 5.32 Å². The van der Waals surface area contributed by atoms with Crippen LogP contribution in [-0.4, -0.2) is 37.2 Å². The molecule has 0 aliphatic carbocycles. The normalized spacial score (nSPS) is 14.9. The summed E-state index contributed by atoms with van der Waals surface area (Å²) in [7, 11) is 0. The Hall–Kier alpha value is -1.26. The lowest BCUT2D eigenvalue weighted by atomic mass is 10.2. The van der Waals surface area contributed by atoms with Crippen LogP contribution in [0.25, 0.3) is 0 Å². The smallest absolute Gasteiger partial charge is 0.410 e. The number of hydrogen-bond acceptors (Lipinski definition) is 3. The number of carbonyl (C=O) groups excluding carboxylic acids is 1. The van der Waals surface area contributed by atoms with Gasteiger partial charge in [0.2, 0.25) is 0 Å². The lowest BCUT2D eigenvalue weighted by Crippen LogP contribution is -2.46. The van der Waals surface area contributed by atoms with Gasteiger partial charge in [-0.2, -0.15) is 0 Å². The average Bonchev–Trinajstić information content (AvgIpc) is 2.38. The van der Waals surface area contributed by atoms with E-state index in [1.165, 1.54) is 0 Å². The molecule has 0 spiro atoms. The number of amides is 1. The van der Waals surface area contributed by atoms with Crippen LogP contribution in [0.1, 0.15) is 5.56 Å². The molecule has 0 unspecified atom stereocenters. The molecule has 0 radical (unpaired) electrons. The van der Waals surface area contributed by atoms with Crippen LogP contribution in [0, 0.1) is 0 Å². The zero-order valence-corrected chi connectivity index (χ0v) is 10.4. The Morgan fingerprint density at radius 2 is 1.88 bits per heavy atom. The summed E-state index contributed by atoms with van der Waals surface area (Å²) in [6.45, 7) is 3.51. The van der Waals surface area contributed by atoms with Gasteiger partial charge in [0.15, 0.2) is 0 Å². The van der Waals surface area contributed by atoms with Crippen LogP contribution in [0.4, 0.5) is 4.79 Å². The zero-order chi connectivity index (χ0) is 11.2. The topological polar surface area (TPSA) is 41.6 Å². The van der Waals surface area contributed by atoms with E-state index < -0.39 is 0 Å². The summed E-state index contributed by atoms with van der Waals surface area (Å²) >= 11 is 0. The first-order valence-corrected chi connectivity index (χ1v) is 5.52. The maximum absolute atomic E-state index is 11.6. The van der Waals surface area contributed by atoms with E-state index in [9.17, 15) is 4.79 Å². The largest absolute Gasteiger partial charge is 0.445 e. The van der Waals surface area contributed by atoms with Gasteiger partial charge in [0.1, 0.15) is 6.61 Å². The Morgan fingerprint density at radius 3 is 2.53 bits per heavy atom. The van der Waals surface area contributed by atoms with Crippen molar-refractivity contribution in [3.05, 3.63) is 35.9 Å². The van der Waals surface area contributed by atoms with Crippen molar-refractivity contribution in [2.45, 2.75) is 6.61 Å². The SMILES string of the molecule is Cl.O=C(OCc1ccccc1)N1CCNCC1. The molecule has 1 saturated heterocycles. The lowest BCUT2D eigenvalue weighted by Gasteiger charge is -2.26. The molecule has 1 aliphatic heterocycles. The number of hydrogen-bond donors (Lipinski definition) is 1. The van der Waals surface area contributed by atoms with Crippen LogP contribution in [0.15, 0.2) is 30.3 Å². The van der Waals surface area contributed by atoms with Crippen molar-refractivity contribution in [3.8, 4) is 0 Å². The number of nitrogens with one attached hydrogen (secondary N) is 1. The van der Waals surface area contributed by atoms with E-state index in [4.69, 9.17) is 4.74 Å². The van der Waals surface area contributed by atoms with Gasteiger partial charge in [0.25, 0.3) is 0 Å². The van der Waals surface area contributed by atoms with Crippen molar-refractivity contribution in [1.82, 2.24) is 10.2 Å². The number of ether oxygens (including phenoxy) is 1. The molecule has 4 nitrogen and oxygen atoms in total. The quantitative estimate of drug-likeness (QED) is 0.875. The van der Waals surface area contributed by atoms with E-state index in [1.807, 2.05) is 30.3 Å². The van der Waals surface area contributed by atoms with Gasteiger partial charge in [-0.05, 0) is 5.56 Å². The first-order valence-electron chi connectivity index (χ1n) is 5.52. The molecule has 1 N–H and O–H groups in total. The third-order valence-electron chi connectivity index (χ3n) is 2.58. The molecule has 94 valence electrons. The van der Waals surface area contributed by atoms with Gasteiger partial charge in [-0.25, -0.2) is 4.79 Å². The molecule has 1 aromatic carbocycles. The Labute approximate surface area is 107 Å². The second kappa shape index (κ2) is 7.14. The van der Waals surface area contributed by atoms with Gasteiger partial charge in [-0.1, -0.05) is 30.3 Å². The predicted octanol–water partition coefficient (Wildman–Crippen LogP) is 1.65. The van der Waals surface area contributed by atoms with E-state index in [0.29, 0.717) is 6.61 Å². The summed E-state index contributed by atoms with van der Waals surface area (Å²) in [5.41, 5.74) is 1.02. The summed E-state index contributed by atoms with van der Waals surface area (Å²) in [5.74, 6) is 0. The molecule has 0 atom stereocenters. The maximum atomic E-state index is 11.6. The van der Waals surface area contributed by atoms with E-state index in [1.54, 1.807) is 4.90 Å². The molecule has 0 bridgehead atoms. The van der Waals surface area contributed by atoms with Gasteiger partial charge >= 0.3 is 6.09 Å². The van der Waals surface area contributed by atoms with Gasteiger partial charge in [0.05, 0.1) is 0 Å². The lowest BCUT2D eigenvalue weighted by molar-refractivity contribution is 0.0918. The highest BCUT2D eigenvalue weighted by atomic mass is 35.5. The molecule has 1 aromatic rings. The summed E-state index contributed by atoms with van der Waals surface area (Å²) in [6, 6.07) is 9.72. The third-order valence-corrected chi connectivity index (χ3v) is 2.58. The number of piperazine rings is 1. The van der Waals surface area contributed by atoms with Crippen LogP contribution in [-0.2, 0) is 11.3 Å². The second-order valence-corrected chi connectivity index (χ2v) is 3.78. The summed E-state index contributed by atoms with van der Waals surface area (Å²) in [6.07, 6.45) is -0.217. The fourth-order valence-electron chi connectivity index (χ4n) is 1.66. The van der Waals surface area contributed by atoms with Crippen molar-refractivity contribution >= 4 is 18.5 Å². The van der Waals surface area contributed by atoms with Crippen LogP contribution in [0.2, 0.25) is 0 Å². The van der Waals surface area contributed by atoms with E-state index >= 15 is 0 Å². The van der Waals surface area contributed by atoms with Crippen molar-refractivity contribution in [2.75, 3.05) is 26.2 Å². The monoisotopic (exact) mass is 256 g/mol. The minimum Gasteiger partial charge on any atom is -0.445 e. The molecule has 0 aromatic heterocycles. The number of halogens is 1. The Bertz CT molecular complexity index is 340. The first-order chi connectivity index (χ1) is 7.86. The van der Waals surface area contributed by atoms with Gasteiger partial charge in [0, 0.05) is 26.2 Å². The zero-order valence-electron chi connectivity index (χ0n) is 9.59. The number of carbonyl (C=O) groups is 1. The highest BCUT2D eigenvalue weighted by molar-refractivity contribution is 5.85. The highest BCUT2D eigenvalue weighted by Crippen LogP contribution is 2.03. The molecule has 1 heterocycles. The Kier molecular flexibility index (Phi) is 5.80. The molecule has 1 amide bonds. The highest BCUT2D eigenvalue weighted by Gasteiger charge is 2.16. The summed E-state index contributed by atoms with van der Waals surface area (Å²) in [5, 5.41) is 3.19. The molecular formula is C12H17ClN2O2. The standard InChI is InChI=1S/C12H16N2O2.ClH/c15-12(14-8-6-13-7-9-14)16-10-11-4-2-1-3-5-11;/h1-5,13H,6-10H2;1H. The van der Waals surface area contributed by atoms with E-state index in [0.717, 1.165) is 31.7 Å². The maximum Gasteiger partial charge on any atom is 0.410 e. The van der Waals surface area contributed by atoms with Gasteiger partial charge in [-0.15, -0.1) is 12.4 Å². The van der Waals surface area contributed by atoms with Gasteiger partial charge in [-0.3, -0.25) is 0 Å². The Morgan fingerprint density at radius 1 is 1.24 bits per heavy atom. The van der Waals surface area contributed by atoms with Crippen LogP contribution >= 0.6 is 12.4 Å². The minimum atomic E-state index is -0.217. The average molecular weight is 257 g/mol. The van der Waals surface area contributed by atoms with Crippen molar-refractivity contribution in [3.63, 3.8) is 0 Å². The first kappa shape index (κ1) is 13.8. The fourth-order valence-corrected chi connectivity index (χ4v) is 1.66. The van der Waals surface area contributed by atoms with Crippen LogP contribution in [0.5, 0.6) is 0 Å². The predicted molar refractivity (Wildman–Crippen MR) is 68.3 cm³/mol. The van der Waals surface area contributed by atoms with E-state index in [2.05, 4.69) is 5.32 Å². The summed E-state index contributed by atoms with van der Waals surface area (Å²) in [4.78, 5) is 13.4. The molecule has 5 heteroatoms. The second-order valence-electron chi connectivity index (χ2n) is 3.78. The molecule has 1 fully saturated rings. The fraction of sp³-hybridized carbons (Fsp3) is 0.417. The number of benzene rings is 1. The molecule has 17 heavy (non-hydrogen) atoms. The van der Waals surface area contributed by atoms with Crippen molar-refractivity contribution < 1.29 is 9.53 Å². The molecular weight excluding hydrogens is 240 g/mol. The number of rotatable bonds is 2. The summed E-state index contributed by atoms with van der Waals surface area (Å²) < 4.78 is 5.23. The Balaban J connectivity index is 0.00000144. The van der Waals surface area contributed by atoms with Crippen LogP contribution in [0.3, 0.4) is 0 Å². The molecule has 1 aliphatic rings. The van der Waals surface area contributed by atoms with Crippen molar-refractivity contribution in [2.24, 2.45) is 0 Å². The van der Waals surface area contributed by atoms with E-state index in [-0.39, 0.29) is 18.5 Å². The number of nitrogens with zero attached hydrogens (tertiary/aromatic N) is 1. The third kappa shape index (κ3) is 4.24. The minimum absolute atomic E-state index is 0. The molecule has 0 saturated carbocycles. The molecule has 2 rings (SSSR count). The van der Waals surface area contributed by atoms with Gasteiger partial charge < -0.3 is 15.0 Å². The van der Waals surface area contributed by atoms with Crippen molar-refractivity contribution in [1.29, 1.82) is 0 Å².